The number of anilines is 1. The first kappa shape index (κ1) is 27.6. The van der Waals surface area contributed by atoms with Crippen LogP contribution in [0.25, 0.3) is 11.1 Å². The normalized spacial score (nSPS) is 22.4. The van der Waals surface area contributed by atoms with E-state index in [1.165, 1.54) is 0 Å². The molecule has 39 heavy (non-hydrogen) atoms. The number of hydrogen-bond donors (Lipinski definition) is 1. The van der Waals surface area contributed by atoms with Gasteiger partial charge < -0.3 is 24.8 Å². The Kier molecular flexibility index (Phi) is 8.01. The SMILES string of the molecule is COC1(C2C=CC(c3cc4c(N5CCN(C(=O)NC(C)C)CC5)ccnn4c3)=C(F)C2)CCN(C(C)C)CC1. The monoisotopic (exact) mass is 538 g/mol. The molecule has 2 fully saturated rings. The predicted molar refractivity (Wildman–Crippen MR) is 154 cm³/mol. The van der Waals surface area contributed by atoms with Crippen molar-refractivity contribution < 1.29 is 13.9 Å². The van der Waals surface area contributed by atoms with Gasteiger partial charge in [-0.1, -0.05) is 12.2 Å². The average molecular weight is 539 g/mol. The fraction of sp³-hybridized carbons (Fsp3) is 0.600. The minimum atomic E-state index is -0.320. The summed E-state index contributed by atoms with van der Waals surface area (Å²) >= 11 is 0. The number of piperazine rings is 1. The zero-order chi connectivity index (χ0) is 27.7. The quantitative estimate of drug-likeness (QED) is 0.577. The maximum absolute atomic E-state index is 15.7. The van der Waals surface area contributed by atoms with Crippen molar-refractivity contribution in [2.24, 2.45) is 5.92 Å². The molecule has 0 bridgehead atoms. The minimum Gasteiger partial charge on any atom is -0.378 e. The van der Waals surface area contributed by atoms with Gasteiger partial charge in [0.1, 0.15) is 5.83 Å². The van der Waals surface area contributed by atoms with Crippen LogP contribution in [0.3, 0.4) is 0 Å². The van der Waals surface area contributed by atoms with E-state index < -0.39 is 0 Å². The van der Waals surface area contributed by atoms with Crippen molar-refractivity contribution in [1.82, 2.24) is 24.7 Å². The topological polar surface area (TPSA) is 65.3 Å². The van der Waals surface area contributed by atoms with Crippen LogP contribution in [0.1, 0.15) is 52.5 Å². The van der Waals surface area contributed by atoms with Crippen molar-refractivity contribution in [3.05, 3.63) is 48.1 Å². The highest BCUT2D eigenvalue weighted by molar-refractivity contribution is 5.83. The summed E-state index contributed by atoms with van der Waals surface area (Å²) in [6.45, 7) is 13.1. The molecular formula is C30H43FN6O2. The maximum atomic E-state index is 15.7. The number of allylic oxidation sites excluding steroid dienone is 3. The van der Waals surface area contributed by atoms with Crippen LogP contribution in [0.5, 0.6) is 0 Å². The molecule has 4 heterocycles. The molecule has 2 aliphatic heterocycles. The van der Waals surface area contributed by atoms with E-state index in [2.05, 4.69) is 40.1 Å². The van der Waals surface area contributed by atoms with Crippen molar-refractivity contribution in [2.45, 2.75) is 64.6 Å². The smallest absolute Gasteiger partial charge is 0.317 e. The number of hydrogen-bond acceptors (Lipinski definition) is 5. The van der Waals surface area contributed by atoms with Crippen molar-refractivity contribution in [3.8, 4) is 0 Å². The zero-order valence-electron chi connectivity index (χ0n) is 24.0. The fourth-order valence-electron chi connectivity index (χ4n) is 6.34. The molecule has 5 rings (SSSR count). The van der Waals surface area contributed by atoms with Gasteiger partial charge in [0.2, 0.25) is 0 Å². The first-order chi connectivity index (χ1) is 18.7. The third-order valence-corrected chi connectivity index (χ3v) is 8.76. The van der Waals surface area contributed by atoms with E-state index in [9.17, 15) is 4.79 Å². The first-order valence-electron chi connectivity index (χ1n) is 14.3. The molecule has 2 amide bonds. The molecule has 9 heteroatoms. The molecule has 1 N–H and O–H groups in total. The molecule has 1 aliphatic carbocycles. The third-order valence-electron chi connectivity index (χ3n) is 8.76. The standard InChI is InChI=1S/C30H43FN6O2/c1-21(2)33-29(38)36-16-14-35(15-17-36)27-8-11-32-37-20-23(18-28(27)37)25-7-6-24(19-26(25)31)30(39-5)9-12-34(13-10-30)22(3)4/h6-8,11,18,20-22,24H,9-10,12-17,19H2,1-5H3,(H,33,38). The average Bonchev–Trinajstić information content (AvgIpc) is 3.37. The van der Waals surface area contributed by atoms with Crippen LogP contribution in [0, 0.1) is 5.92 Å². The van der Waals surface area contributed by atoms with E-state index >= 15 is 4.39 Å². The number of urea groups is 1. The summed E-state index contributed by atoms with van der Waals surface area (Å²) < 4.78 is 23.6. The summed E-state index contributed by atoms with van der Waals surface area (Å²) in [6.07, 6.45) is 9.98. The summed E-state index contributed by atoms with van der Waals surface area (Å²) in [4.78, 5) is 19.0. The Hall–Kier alpha value is -2.91. The number of likely N-dealkylation sites (tertiary alicyclic amines) is 1. The fourth-order valence-corrected chi connectivity index (χ4v) is 6.34. The Morgan fingerprint density at radius 1 is 1.13 bits per heavy atom. The summed E-state index contributed by atoms with van der Waals surface area (Å²) in [5, 5.41) is 7.48. The molecule has 3 aliphatic rings. The van der Waals surface area contributed by atoms with E-state index in [-0.39, 0.29) is 29.4 Å². The van der Waals surface area contributed by atoms with Crippen molar-refractivity contribution in [1.29, 1.82) is 0 Å². The molecule has 2 aromatic heterocycles. The molecule has 212 valence electrons. The number of carbonyl (C=O) groups excluding carboxylic acids is 1. The van der Waals surface area contributed by atoms with Gasteiger partial charge in [0.25, 0.3) is 0 Å². The van der Waals surface area contributed by atoms with Crippen molar-refractivity contribution in [2.75, 3.05) is 51.3 Å². The maximum Gasteiger partial charge on any atom is 0.317 e. The van der Waals surface area contributed by atoms with E-state index in [0.717, 1.165) is 55.8 Å². The van der Waals surface area contributed by atoms with Crippen LogP contribution >= 0.6 is 0 Å². The lowest BCUT2D eigenvalue weighted by Gasteiger charge is -2.46. The molecule has 1 atom stereocenters. The Morgan fingerprint density at radius 2 is 1.85 bits per heavy atom. The zero-order valence-corrected chi connectivity index (χ0v) is 24.0. The van der Waals surface area contributed by atoms with Gasteiger partial charge in [-0.3, -0.25) is 0 Å². The molecule has 0 radical (unpaired) electrons. The number of aromatic nitrogens is 2. The Balaban J connectivity index is 1.31. The molecule has 0 saturated carbocycles. The number of methoxy groups -OCH3 is 1. The Bertz CT molecular complexity index is 1240. The van der Waals surface area contributed by atoms with Gasteiger partial charge in [0.05, 0.1) is 16.8 Å². The van der Waals surface area contributed by atoms with E-state index in [0.29, 0.717) is 31.1 Å². The number of amides is 2. The number of nitrogens with one attached hydrogen (secondary N) is 1. The molecule has 2 aromatic rings. The highest BCUT2D eigenvalue weighted by atomic mass is 19.1. The van der Waals surface area contributed by atoms with Gasteiger partial charge in [0, 0.05) is 94.3 Å². The van der Waals surface area contributed by atoms with Crippen LogP contribution in [-0.2, 0) is 4.74 Å². The summed E-state index contributed by atoms with van der Waals surface area (Å²) in [5.74, 6) is -0.0667. The van der Waals surface area contributed by atoms with Crippen LogP contribution < -0.4 is 10.2 Å². The number of nitrogens with zero attached hydrogens (tertiary/aromatic N) is 5. The number of carbonyl (C=O) groups is 1. The largest absolute Gasteiger partial charge is 0.378 e. The van der Waals surface area contributed by atoms with E-state index in [4.69, 9.17) is 4.74 Å². The molecular weight excluding hydrogens is 495 g/mol. The van der Waals surface area contributed by atoms with Gasteiger partial charge in [-0.2, -0.15) is 5.10 Å². The number of halogens is 1. The second-order valence-electron chi connectivity index (χ2n) is 11.7. The van der Waals surface area contributed by atoms with Gasteiger partial charge in [0.15, 0.2) is 0 Å². The second-order valence-corrected chi connectivity index (χ2v) is 11.7. The number of ether oxygens (including phenoxy) is 1. The highest BCUT2D eigenvalue weighted by Gasteiger charge is 2.42. The minimum absolute atomic E-state index is 0.0139. The van der Waals surface area contributed by atoms with Crippen molar-refractivity contribution in [3.63, 3.8) is 0 Å². The Morgan fingerprint density at radius 3 is 2.46 bits per heavy atom. The van der Waals surface area contributed by atoms with Crippen LogP contribution in [0.15, 0.2) is 42.5 Å². The predicted octanol–water partition coefficient (Wildman–Crippen LogP) is 4.72. The molecule has 2 saturated heterocycles. The van der Waals surface area contributed by atoms with Crippen LogP contribution in [0.2, 0.25) is 0 Å². The first-order valence-corrected chi connectivity index (χ1v) is 14.3. The number of piperidine rings is 1. The van der Waals surface area contributed by atoms with Gasteiger partial charge in [-0.05, 0) is 52.7 Å². The molecule has 0 spiro atoms. The lowest BCUT2D eigenvalue weighted by Crippen LogP contribution is -2.53. The summed E-state index contributed by atoms with van der Waals surface area (Å²) in [7, 11) is 1.78. The summed E-state index contributed by atoms with van der Waals surface area (Å²) in [6, 6.07) is 4.66. The number of fused-ring (bicyclic) bond motifs is 1. The van der Waals surface area contributed by atoms with E-state index in [1.54, 1.807) is 13.3 Å². The highest BCUT2D eigenvalue weighted by Crippen LogP contribution is 2.43. The Labute approximate surface area is 231 Å². The van der Waals surface area contributed by atoms with Crippen LogP contribution in [0.4, 0.5) is 14.9 Å². The summed E-state index contributed by atoms with van der Waals surface area (Å²) in [5.41, 5.74) is 3.13. The molecule has 0 aromatic carbocycles. The lowest BCUT2D eigenvalue weighted by molar-refractivity contribution is -0.0900. The van der Waals surface area contributed by atoms with Gasteiger partial charge >= 0.3 is 6.03 Å². The number of rotatable bonds is 6. The third kappa shape index (κ3) is 5.57. The lowest BCUT2D eigenvalue weighted by atomic mass is 9.74. The van der Waals surface area contributed by atoms with Gasteiger partial charge in [-0.25, -0.2) is 13.7 Å². The second kappa shape index (κ2) is 11.3. The molecule has 8 nitrogen and oxygen atoms in total. The van der Waals surface area contributed by atoms with Crippen LogP contribution in [-0.4, -0.2) is 89.5 Å². The van der Waals surface area contributed by atoms with Gasteiger partial charge in [-0.15, -0.1) is 0 Å². The van der Waals surface area contributed by atoms with Crippen molar-refractivity contribution >= 4 is 22.8 Å². The molecule has 1 unspecified atom stereocenters. The van der Waals surface area contributed by atoms with E-state index in [1.807, 2.05) is 47.7 Å².